The Hall–Kier alpha value is -2.37. The maximum absolute atomic E-state index is 13.0. The number of rotatable bonds is 5. The zero-order valence-electron chi connectivity index (χ0n) is 10.3. The van der Waals surface area contributed by atoms with Gasteiger partial charge in [-0.2, -0.15) is 5.10 Å². The molecule has 0 aliphatic rings. The molecule has 100 valence electrons. The lowest BCUT2D eigenvalue weighted by Gasteiger charge is -2.06. The van der Waals surface area contributed by atoms with Gasteiger partial charge in [0.05, 0.1) is 6.20 Å². The first-order valence-corrected chi connectivity index (χ1v) is 5.78. The summed E-state index contributed by atoms with van der Waals surface area (Å²) in [6.45, 7) is 2.29. The molecule has 1 aromatic carbocycles. The van der Waals surface area contributed by atoms with Gasteiger partial charge in [0.2, 0.25) is 0 Å². The Morgan fingerprint density at radius 2 is 2.32 bits per heavy atom. The molecule has 0 fully saturated rings. The summed E-state index contributed by atoms with van der Waals surface area (Å²) in [6.07, 6.45) is 1.45. The van der Waals surface area contributed by atoms with E-state index in [0.717, 1.165) is 0 Å². The summed E-state index contributed by atoms with van der Waals surface area (Å²) in [5, 5.41) is 13.1. The van der Waals surface area contributed by atoms with E-state index >= 15 is 0 Å². The molecule has 5 nitrogen and oxygen atoms in total. The summed E-state index contributed by atoms with van der Waals surface area (Å²) >= 11 is 0. The van der Waals surface area contributed by atoms with Crippen LogP contribution in [0.4, 0.5) is 4.39 Å². The van der Waals surface area contributed by atoms with E-state index in [-0.39, 0.29) is 12.3 Å². The third-order valence-corrected chi connectivity index (χ3v) is 2.61. The fourth-order valence-corrected chi connectivity index (χ4v) is 1.74. The number of aryl methyl sites for hydroxylation is 1. The number of carboxylic acid groups (broad SMARTS) is 1. The molecule has 6 heteroatoms. The average molecular weight is 264 g/mol. The zero-order valence-corrected chi connectivity index (χ0v) is 10.3. The van der Waals surface area contributed by atoms with Crippen LogP contribution in [-0.2, 0) is 13.2 Å². The molecule has 2 aromatic rings. The molecule has 1 N–H and O–H groups in total. The highest BCUT2D eigenvalue weighted by molar-refractivity contribution is 5.87. The maximum atomic E-state index is 13.0. The molecule has 0 aliphatic heterocycles. The summed E-state index contributed by atoms with van der Waals surface area (Å²) in [5.74, 6) is -1.11. The van der Waals surface area contributed by atoms with Crippen molar-refractivity contribution in [2.75, 3.05) is 0 Å². The van der Waals surface area contributed by atoms with Crippen LogP contribution in [-0.4, -0.2) is 20.9 Å². The van der Waals surface area contributed by atoms with Gasteiger partial charge in [-0.05, 0) is 19.1 Å². The number of carboxylic acids is 1. The van der Waals surface area contributed by atoms with E-state index in [0.29, 0.717) is 17.9 Å². The van der Waals surface area contributed by atoms with Gasteiger partial charge in [-0.3, -0.25) is 4.68 Å². The van der Waals surface area contributed by atoms with Crippen molar-refractivity contribution >= 4 is 5.97 Å². The van der Waals surface area contributed by atoms with Crippen LogP contribution < -0.4 is 4.74 Å². The maximum Gasteiger partial charge on any atom is 0.354 e. The molecule has 1 heterocycles. The highest BCUT2D eigenvalue weighted by atomic mass is 19.1. The van der Waals surface area contributed by atoms with Crippen molar-refractivity contribution in [3.8, 4) is 5.75 Å². The van der Waals surface area contributed by atoms with E-state index in [9.17, 15) is 9.18 Å². The number of aromatic carboxylic acids is 1. The molecule has 0 aliphatic carbocycles. The molecular weight excluding hydrogens is 251 g/mol. The molecule has 0 amide bonds. The largest absolute Gasteiger partial charge is 0.489 e. The van der Waals surface area contributed by atoms with Gasteiger partial charge in [-0.15, -0.1) is 0 Å². The predicted octanol–water partition coefficient (Wildman–Crippen LogP) is 2.32. The Morgan fingerprint density at radius 1 is 1.53 bits per heavy atom. The molecule has 0 bridgehead atoms. The average Bonchev–Trinajstić information content (AvgIpc) is 2.79. The Labute approximate surface area is 109 Å². The van der Waals surface area contributed by atoms with Crippen LogP contribution in [0.1, 0.15) is 23.0 Å². The lowest BCUT2D eigenvalue weighted by atomic mass is 10.2. The topological polar surface area (TPSA) is 64.4 Å². The molecule has 0 spiro atoms. The number of hydrogen-bond acceptors (Lipinski definition) is 3. The van der Waals surface area contributed by atoms with Crippen LogP contribution in [0.15, 0.2) is 30.5 Å². The number of hydrogen-bond donors (Lipinski definition) is 1. The summed E-state index contributed by atoms with van der Waals surface area (Å²) < 4.78 is 19.7. The quantitative estimate of drug-likeness (QED) is 0.900. The molecule has 1 aromatic heterocycles. The number of carbonyl (C=O) groups is 1. The molecule has 0 radical (unpaired) electrons. The van der Waals surface area contributed by atoms with Crippen molar-refractivity contribution in [1.29, 1.82) is 0 Å². The lowest BCUT2D eigenvalue weighted by Crippen LogP contribution is -2.11. The fraction of sp³-hybridized carbons (Fsp3) is 0.231. The van der Waals surface area contributed by atoms with Gasteiger partial charge in [0, 0.05) is 18.2 Å². The van der Waals surface area contributed by atoms with Crippen molar-refractivity contribution in [2.24, 2.45) is 0 Å². The molecule has 0 atom stereocenters. The molecule has 0 saturated carbocycles. The van der Waals surface area contributed by atoms with Gasteiger partial charge in [0.25, 0.3) is 0 Å². The van der Waals surface area contributed by atoms with Gasteiger partial charge >= 0.3 is 5.97 Å². The fourth-order valence-electron chi connectivity index (χ4n) is 1.74. The van der Waals surface area contributed by atoms with Crippen LogP contribution in [0.2, 0.25) is 0 Å². The minimum absolute atomic E-state index is 0.0328. The second-order valence-corrected chi connectivity index (χ2v) is 3.89. The minimum atomic E-state index is -1.06. The second kappa shape index (κ2) is 5.51. The van der Waals surface area contributed by atoms with E-state index in [2.05, 4.69) is 5.10 Å². The van der Waals surface area contributed by atoms with E-state index in [1.54, 1.807) is 13.0 Å². The standard InChI is InChI=1S/C13H13FN2O3/c1-2-16-12(13(17)18)9(7-15-16)8-19-11-5-3-4-10(14)6-11/h3-7H,2,8H2,1H3,(H,17,18). The van der Waals surface area contributed by atoms with E-state index in [1.165, 1.54) is 29.1 Å². The molecule has 19 heavy (non-hydrogen) atoms. The summed E-state index contributed by atoms with van der Waals surface area (Å²) in [6, 6.07) is 5.68. The first kappa shape index (κ1) is 13.1. The third-order valence-electron chi connectivity index (χ3n) is 2.61. The van der Waals surface area contributed by atoms with E-state index in [1.807, 2.05) is 0 Å². The van der Waals surface area contributed by atoms with E-state index in [4.69, 9.17) is 9.84 Å². The minimum Gasteiger partial charge on any atom is -0.489 e. The zero-order chi connectivity index (χ0) is 13.8. The SMILES string of the molecule is CCn1ncc(COc2cccc(F)c2)c1C(=O)O. The first-order chi connectivity index (χ1) is 9.11. The van der Waals surface area contributed by atoms with Crippen LogP contribution in [0.25, 0.3) is 0 Å². The van der Waals surface area contributed by atoms with Crippen molar-refractivity contribution in [2.45, 2.75) is 20.1 Å². The normalized spacial score (nSPS) is 10.4. The summed E-state index contributed by atoms with van der Waals surface area (Å²) in [4.78, 5) is 11.2. The molecule has 0 saturated heterocycles. The van der Waals surface area contributed by atoms with Crippen LogP contribution in [0.5, 0.6) is 5.75 Å². The Bertz CT molecular complexity index is 595. The summed E-state index contributed by atoms with van der Waals surface area (Å²) in [5.41, 5.74) is 0.553. The van der Waals surface area contributed by atoms with Gasteiger partial charge in [0.1, 0.15) is 18.2 Å². The van der Waals surface area contributed by atoms with Gasteiger partial charge in [-0.25, -0.2) is 9.18 Å². The number of aromatic nitrogens is 2. The van der Waals surface area contributed by atoms with Crippen molar-refractivity contribution in [3.05, 3.63) is 47.5 Å². The van der Waals surface area contributed by atoms with Crippen LogP contribution in [0, 0.1) is 5.82 Å². The Kier molecular flexibility index (Phi) is 3.79. The number of nitrogens with zero attached hydrogens (tertiary/aromatic N) is 2. The van der Waals surface area contributed by atoms with E-state index < -0.39 is 11.8 Å². The third kappa shape index (κ3) is 2.90. The highest BCUT2D eigenvalue weighted by Gasteiger charge is 2.17. The molecule has 2 rings (SSSR count). The smallest absolute Gasteiger partial charge is 0.354 e. The number of ether oxygens (including phenoxy) is 1. The van der Waals surface area contributed by atoms with Gasteiger partial charge in [0.15, 0.2) is 5.69 Å². The Morgan fingerprint density at radius 3 is 2.95 bits per heavy atom. The van der Waals surface area contributed by atoms with Crippen LogP contribution in [0.3, 0.4) is 0 Å². The molecular formula is C13H13FN2O3. The van der Waals surface area contributed by atoms with Gasteiger partial charge in [-0.1, -0.05) is 6.07 Å². The molecule has 0 unspecified atom stereocenters. The lowest BCUT2D eigenvalue weighted by molar-refractivity contribution is 0.0680. The van der Waals surface area contributed by atoms with Crippen molar-refractivity contribution in [3.63, 3.8) is 0 Å². The van der Waals surface area contributed by atoms with Crippen LogP contribution >= 0.6 is 0 Å². The first-order valence-electron chi connectivity index (χ1n) is 5.78. The predicted molar refractivity (Wildman–Crippen MR) is 65.6 cm³/mol. The van der Waals surface area contributed by atoms with Gasteiger partial charge < -0.3 is 9.84 Å². The second-order valence-electron chi connectivity index (χ2n) is 3.89. The number of halogens is 1. The monoisotopic (exact) mass is 264 g/mol. The summed E-state index contributed by atoms with van der Waals surface area (Å²) in [7, 11) is 0. The highest BCUT2D eigenvalue weighted by Crippen LogP contribution is 2.16. The Balaban J connectivity index is 2.16. The van der Waals surface area contributed by atoms with Crippen molar-refractivity contribution < 1.29 is 19.0 Å². The van der Waals surface area contributed by atoms with Crippen molar-refractivity contribution in [1.82, 2.24) is 9.78 Å². The number of benzene rings is 1.